The summed E-state index contributed by atoms with van der Waals surface area (Å²) >= 11 is 0. The second-order valence-corrected chi connectivity index (χ2v) is 2.67. The van der Waals surface area contributed by atoms with Crippen molar-refractivity contribution in [1.29, 1.82) is 0 Å². The molecule has 0 saturated heterocycles. The molecule has 1 nitrogen and oxygen atoms in total. The Hall–Kier alpha value is -0.370. The molecule has 0 aromatic heterocycles. The Kier molecular flexibility index (Phi) is 5.22. The van der Waals surface area contributed by atoms with Crippen molar-refractivity contribution in [3.05, 3.63) is 11.6 Å². The molecule has 0 aromatic carbocycles. The molecular formula is C8H15FO. The minimum atomic E-state index is -0.768. The molecule has 0 fully saturated rings. The maximum absolute atomic E-state index is 11.6. The maximum Gasteiger partial charge on any atom is 0.115 e. The van der Waals surface area contributed by atoms with Crippen molar-refractivity contribution >= 4 is 0 Å². The van der Waals surface area contributed by atoms with E-state index in [1.54, 1.807) is 0 Å². The van der Waals surface area contributed by atoms with Crippen molar-refractivity contribution in [3.63, 3.8) is 0 Å². The van der Waals surface area contributed by atoms with E-state index in [0.717, 1.165) is 6.42 Å². The number of aliphatic hydroxyl groups excluding tert-OH is 1. The summed E-state index contributed by atoms with van der Waals surface area (Å²) in [5.41, 5.74) is 1.21. The van der Waals surface area contributed by atoms with Crippen molar-refractivity contribution in [1.82, 2.24) is 0 Å². The molecule has 0 saturated carbocycles. The SMILES string of the molecule is CC(C)=CCCC(O)CF. The largest absolute Gasteiger partial charge is 0.390 e. The van der Waals surface area contributed by atoms with E-state index >= 15 is 0 Å². The molecule has 0 aliphatic rings. The first kappa shape index (κ1) is 9.63. The number of alkyl halides is 1. The van der Waals surface area contributed by atoms with Gasteiger partial charge in [-0.05, 0) is 26.7 Å². The monoisotopic (exact) mass is 146 g/mol. The smallest absolute Gasteiger partial charge is 0.115 e. The summed E-state index contributed by atoms with van der Waals surface area (Å²) in [6, 6.07) is 0. The van der Waals surface area contributed by atoms with Gasteiger partial charge in [-0.1, -0.05) is 11.6 Å². The lowest BCUT2D eigenvalue weighted by molar-refractivity contribution is 0.132. The van der Waals surface area contributed by atoms with Gasteiger partial charge in [-0.15, -0.1) is 0 Å². The van der Waals surface area contributed by atoms with Crippen LogP contribution >= 0.6 is 0 Å². The number of aliphatic hydroxyl groups is 1. The Labute approximate surface area is 61.6 Å². The zero-order valence-electron chi connectivity index (χ0n) is 6.60. The molecule has 2 heteroatoms. The minimum Gasteiger partial charge on any atom is -0.390 e. The first-order valence-electron chi connectivity index (χ1n) is 3.54. The Bertz CT molecular complexity index is 106. The van der Waals surface area contributed by atoms with Crippen molar-refractivity contribution in [2.24, 2.45) is 0 Å². The fourth-order valence-corrected chi connectivity index (χ4v) is 0.642. The Balaban J connectivity index is 3.28. The first-order chi connectivity index (χ1) is 4.66. The first-order valence-corrected chi connectivity index (χ1v) is 3.54. The quantitative estimate of drug-likeness (QED) is 0.602. The molecule has 0 aliphatic heterocycles. The molecule has 1 N–H and O–H groups in total. The summed E-state index contributed by atoms with van der Waals surface area (Å²) in [6.07, 6.45) is 2.53. The average Bonchev–Trinajstić information content (AvgIpc) is 1.87. The molecule has 60 valence electrons. The van der Waals surface area contributed by atoms with Crippen LogP contribution in [0, 0.1) is 0 Å². The zero-order chi connectivity index (χ0) is 7.98. The van der Waals surface area contributed by atoms with Gasteiger partial charge in [0.15, 0.2) is 0 Å². The van der Waals surface area contributed by atoms with E-state index in [1.165, 1.54) is 5.57 Å². The number of allylic oxidation sites excluding steroid dienone is 2. The lowest BCUT2D eigenvalue weighted by Crippen LogP contribution is -2.07. The summed E-state index contributed by atoms with van der Waals surface area (Å²) in [4.78, 5) is 0. The number of hydrogen-bond donors (Lipinski definition) is 1. The van der Waals surface area contributed by atoms with Gasteiger partial charge in [0.25, 0.3) is 0 Å². The summed E-state index contributed by atoms with van der Waals surface area (Å²) < 4.78 is 11.6. The van der Waals surface area contributed by atoms with E-state index in [0.29, 0.717) is 6.42 Å². The predicted molar refractivity (Wildman–Crippen MR) is 40.6 cm³/mol. The van der Waals surface area contributed by atoms with Gasteiger partial charge in [0.2, 0.25) is 0 Å². The van der Waals surface area contributed by atoms with Crippen LogP contribution in [0.5, 0.6) is 0 Å². The van der Waals surface area contributed by atoms with Crippen LogP contribution in [0.3, 0.4) is 0 Å². The van der Waals surface area contributed by atoms with Crippen molar-refractivity contribution < 1.29 is 9.50 Å². The standard InChI is InChI=1S/C8H15FO/c1-7(2)4-3-5-8(10)6-9/h4,8,10H,3,5-6H2,1-2H3. The highest BCUT2D eigenvalue weighted by Crippen LogP contribution is 2.01. The molecule has 0 aliphatic carbocycles. The van der Waals surface area contributed by atoms with E-state index in [1.807, 2.05) is 19.9 Å². The third-order valence-corrected chi connectivity index (χ3v) is 1.23. The summed E-state index contributed by atoms with van der Waals surface area (Å²) in [7, 11) is 0. The molecule has 0 radical (unpaired) electrons. The predicted octanol–water partition coefficient (Wildman–Crippen LogP) is 2.06. The lowest BCUT2D eigenvalue weighted by atomic mass is 10.2. The molecule has 0 aromatic rings. The fraction of sp³-hybridized carbons (Fsp3) is 0.750. The van der Waals surface area contributed by atoms with Crippen LogP contribution in [0.1, 0.15) is 26.7 Å². The van der Waals surface area contributed by atoms with Crippen molar-refractivity contribution in [3.8, 4) is 0 Å². The second-order valence-electron chi connectivity index (χ2n) is 2.67. The van der Waals surface area contributed by atoms with Crippen LogP contribution in [-0.4, -0.2) is 17.9 Å². The molecule has 1 atom stereocenters. The minimum absolute atomic E-state index is 0.529. The molecule has 0 amide bonds. The van der Waals surface area contributed by atoms with E-state index in [9.17, 15) is 4.39 Å². The van der Waals surface area contributed by atoms with Crippen LogP contribution < -0.4 is 0 Å². The third-order valence-electron chi connectivity index (χ3n) is 1.23. The molecule has 1 unspecified atom stereocenters. The van der Waals surface area contributed by atoms with Gasteiger partial charge >= 0.3 is 0 Å². The topological polar surface area (TPSA) is 20.2 Å². The molecule has 0 spiro atoms. The summed E-state index contributed by atoms with van der Waals surface area (Å²) in [6.45, 7) is 3.35. The number of hydrogen-bond acceptors (Lipinski definition) is 1. The summed E-state index contributed by atoms with van der Waals surface area (Å²) in [5.74, 6) is 0. The number of halogens is 1. The van der Waals surface area contributed by atoms with Crippen molar-refractivity contribution in [2.45, 2.75) is 32.8 Å². The second kappa shape index (κ2) is 5.42. The van der Waals surface area contributed by atoms with Gasteiger partial charge in [0, 0.05) is 0 Å². The van der Waals surface area contributed by atoms with Crippen LogP contribution in [0.4, 0.5) is 4.39 Å². The van der Waals surface area contributed by atoms with Gasteiger partial charge in [0.05, 0.1) is 6.10 Å². The highest BCUT2D eigenvalue weighted by molar-refractivity contribution is 4.92. The zero-order valence-corrected chi connectivity index (χ0v) is 6.60. The third kappa shape index (κ3) is 5.76. The molecular weight excluding hydrogens is 131 g/mol. The lowest BCUT2D eigenvalue weighted by Gasteiger charge is -2.01. The van der Waals surface area contributed by atoms with Gasteiger partial charge in [-0.3, -0.25) is 0 Å². The number of rotatable bonds is 4. The fourth-order valence-electron chi connectivity index (χ4n) is 0.642. The van der Waals surface area contributed by atoms with Crippen LogP contribution in [0.25, 0.3) is 0 Å². The molecule has 10 heavy (non-hydrogen) atoms. The van der Waals surface area contributed by atoms with Crippen LogP contribution in [0.2, 0.25) is 0 Å². The highest BCUT2D eigenvalue weighted by Gasteiger charge is 1.99. The van der Waals surface area contributed by atoms with Gasteiger partial charge in [0.1, 0.15) is 6.67 Å². The maximum atomic E-state index is 11.6. The van der Waals surface area contributed by atoms with E-state index in [2.05, 4.69) is 0 Å². The summed E-state index contributed by atoms with van der Waals surface area (Å²) in [5, 5.41) is 8.77. The van der Waals surface area contributed by atoms with Crippen molar-refractivity contribution in [2.75, 3.05) is 6.67 Å². The van der Waals surface area contributed by atoms with E-state index < -0.39 is 12.8 Å². The molecule has 0 bridgehead atoms. The molecule has 0 heterocycles. The van der Waals surface area contributed by atoms with Crippen LogP contribution in [-0.2, 0) is 0 Å². The Morgan fingerprint density at radius 1 is 1.60 bits per heavy atom. The van der Waals surface area contributed by atoms with Crippen LogP contribution in [0.15, 0.2) is 11.6 Å². The van der Waals surface area contributed by atoms with Gasteiger partial charge in [-0.2, -0.15) is 0 Å². The highest BCUT2D eigenvalue weighted by atomic mass is 19.1. The normalized spacial score (nSPS) is 12.8. The Morgan fingerprint density at radius 3 is 2.60 bits per heavy atom. The molecule has 0 rings (SSSR count). The van der Waals surface area contributed by atoms with Gasteiger partial charge in [-0.25, -0.2) is 4.39 Å². The Morgan fingerprint density at radius 2 is 2.20 bits per heavy atom. The van der Waals surface area contributed by atoms with E-state index in [4.69, 9.17) is 5.11 Å². The van der Waals surface area contributed by atoms with Gasteiger partial charge < -0.3 is 5.11 Å². The van der Waals surface area contributed by atoms with E-state index in [-0.39, 0.29) is 0 Å². The average molecular weight is 146 g/mol.